The van der Waals surface area contributed by atoms with Gasteiger partial charge >= 0.3 is 0 Å². The number of hydrogen-bond acceptors (Lipinski definition) is 4. The number of amides is 1. The average molecular weight is 280 g/mol. The third-order valence-electron chi connectivity index (χ3n) is 2.66. The van der Waals surface area contributed by atoms with Crippen LogP contribution >= 0.6 is 11.3 Å². The number of aliphatic hydroxyl groups excluding tert-OH is 1. The molecule has 1 unspecified atom stereocenters. The number of hydrogen-bond donors (Lipinski definition) is 2. The average Bonchev–Trinajstić information content (AvgIpc) is 2.82. The molecule has 0 aliphatic heterocycles. The van der Waals surface area contributed by atoms with E-state index in [4.69, 9.17) is 5.11 Å². The van der Waals surface area contributed by atoms with E-state index in [1.54, 1.807) is 18.4 Å². The summed E-state index contributed by atoms with van der Waals surface area (Å²) < 4.78 is 0. The van der Waals surface area contributed by atoms with Crippen LogP contribution in [-0.2, 0) is 11.3 Å². The molecule has 1 heterocycles. The SMILES string of the molecule is CNC(=O)C(C)CN(C)Cc1ccc(C#CCO)s1. The van der Waals surface area contributed by atoms with Crippen molar-refractivity contribution < 1.29 is 9.90 Å². The first-order chi connectivity index (χ1) is 9.06. The van der Waals surface area contributed by atoms with E-state index in [-0.39, 0.29) is 18.4 Å². The molecule has 19 heavy (non-hydrogen) atoms. The maximum atomic E-state index is 11.4. The van der Waals surface area contributed by atoms with Gasteiger partial charge in [0, 0.05) is 30.9 Å². The van der Waals surface area contributed by atoms with Crippen molar-refractivity contribution in [2.45, 2.75) is 13.5 Å². The van der Waals surface area contributed by atoms with Gasteiger partial charge in [0.25, 0.3) is 0 Å². The summed E-state index contributed by atoms with van der Waals surface area (Å²) in [6, 6.07) is 3.99. The van der Waals surface area contributed by atoms with Crippen molar-refractivity contribution in [3.63, 3.8) is 0 Å². The minimum absolute atomic E-state index is 0.0244. The Labute approximate surface area is 118 Å². The number of thiophene rings is 1. The van der Waals surface area contributed by atoms with Crippen molar-refractivity contribution in [3.05, 3.63) is 21.9 Å². The molecule has 0 spiro atoms. The zero-order valence-corrected chi connectivity index (χ0v) is 12.4. The molecule has 0 bridgehead atoms. The Morgan fingerprint density at radius 2 is 2.32 bits per heavy atom. The molecule has 0 aliphatic carbocycles. The number of carbonyl (C=O) groups excluding carboxylic acids is 1. The highest BCUT2D eigenvalue weighted by Crippen LogP contribution is 2.17. The standard InChI is InChI=1S/C14H20N2O2S/c1-11(14(18)15-2)9-16(3)10-13-7-6-12(19-13)5-4-8-17/h6-7,11,17H,8-10H2,1-3H3,(H,15,18). The first-order valence-corrected chi connectivity index (χ1v) is 6.97. The summed E-state index contributed by atoms with van der Waals surface area (Å²) in [6.07, 6.45) is 0. The van der Waals surface area contributed by atoms with E-state index in [9.17, 15) is 4.79 Å². The molecule has 0 aromatic carbocycles. The molecule has 0 fully saturated rings. The molecular formula is C14H20N2O2S. The molecule has 1 rings (SSSR count). The smallest absolute Gasteiger partial charge is 0.223 e. The first-order valence-electron chi connectivity index (χ1n) is 6.15. The second-order valence-electron chi connectivity index (χ2n) is 4.44. The van der Waals surface area contributed by atoms with Crippen molar-refractivity contribution in [2.75, 3.05) is 27.2 Å². The molecule has 4 nitrogen and oxygen atoms in total. The lowest BCUT2D eigenvalue weighted by atomic mass is 10.1. The highest BCUT2D eigenvalue weighted by Gasteiger charge is 2.14. The van der Waals surface area contributed by atoms with E-state index in [0.717, 1.165) is 18.0 Å². The Kier molecular flexibility index (Phi) is 6.57. The van der Waals surface area contributed by atoms with Crippen LogP contribution < -0.4 is 5.32 Å². The van der Waals surface area contributed by atoms with Gasteiger partial charge in [-0.2, -0.15) is 0 Å². The fourth-order valence-electron chi connectivity index (χ4n) is 1.78. The fourth-order valence-corrected chi connectivity index (χ4v) is 2.75. The molecular weight excluding hydrogens is 260 g/mol. The van der Waals surface area contributed by atoms with Crippen LogP contribution in [0.25, 0.3) is 0 Å². The lowest BCUT2D eigenvalue weighted by molar-refractivity contribution is -0.124. The summed E-state index contributed by atoms with van der Waals surface area (Å²) in [5.41, 5.74) is 0. The first kappa shape index (κ1) is 15.7. The Balaban J connectivity index is 2.50. The van der Waals surface area contributed by atoms with Gasteiger partial charge in [-0.05, 0) is 19.2 Å². The van der Waals surface area contributed by atoms with Crippen LogP contribution in [0.2, 0.25) is 0 Å². The predicted octanol–water partition coefficient (Wildman–Crippen LogP) is 0.906. The van der Waals surface area contributed by atoms with Crippen LogP contribution in [0.3, 0.4) is 0 Å². The summed E-state index contributed by atoms with van der Waals surface area (Å²) in [4.78, 5) is 15.7. The lowest BCUT2D eigenvalue weighted by Crippen LogP contribution is -2.33. The zero-order valence-electron chi connectivity index (χ0n) is 11.6. The molecule has 5 heteroatoms. The lowest BCUT2D eigenvalue weighted by Gasteiger charge is -2.19. The van der Waals surface area contributed by atoms with Gasteiger partial charge in [0.05, 0.1) is 4.88 Å². The van der Waals surface area contributed by atoms with Crippen LogP contribution in [-0.4, -0.2) is 43.2 Å². The molecule has 1 atom stereocenters. The van der Waals surface area contributed by atoms with Crippen molar-refractivity contribution in [1.82, 2.24) is 10.2 Å². The van der Waals surface area contributed by atoms with Gasteiger partial charge in [0.15, 0.2) is 0 Å². The monoisotopic (exact) mass is 280 g/mol. The Morgan fingerprint density at radius 3 is 2.95 bits per heavy atom. The van der Waals surface area contributed by atoms with E-state index >= 15 is 0 Å². The third kappa shape index (κ3) is 5.43. The van der Waals surface area contributed by atoms with Crippen molar-refractivity contribution >= 4 is 17.2 Å². The van der Waals surface area contributed by atoms with E-state index in [1.807, 2.05) is 26.1 Å². The minimum atomic E-state index is -0.114. The summed E-state index contributed by atoms with van der Waals surface area (Å²) in [5, 5.41) is 11.3. The molecule has 0 saturated carbocycles. The van der Waals surface area contributed by atoms with Crippen LogP contribution in [0.5, 0.6) is 0 Å². The van der Waals surface area contributed by atoms with Gasteiger partial charge in [0.1, 0.15) is 6.61 Å². The van der Waals surface area contributed by atoms with E-state index in [2.05, 4.69) is 22.1 Å². The third-order valence-corrected chi connectivity index (χ3v) is 3.64. The number of aliphatic hydroxyl groups is 1. The number of nitrogens with one attached hydrogen (secondary N) is 1. The Hall–Kier alpha value is -1.35. The summed E-state index contributed by atoms with van der Waals surface area (Å²) in [7, 11) is 3.66. The predicted molar refractivity (Wildman–Crippen MR) is 77.8 cm³/mol. The number of nitrogens with zero attached hydrogens (tertiary/aromatic N) is 1. The van der Waals surface area contributed by atoms with Crippen LogP contribution in [0.1, 0.15) is 16.7 Å². The zero-order chi connectivity index (χ0) is 14.3. The van der Waals surface area contributed by atoms with Gasteiger partial charge in [-0.15, -0.1) is 11.3 Å². The minimum Gasteiger partial charge on any atom is -0.384 e. The van der Waals surface area contributed by atoms with Crippen LogP contribution in [0.4, 0.5) is 0 Å². The van der Waals surface area contributed by atoms with E-state index < -0.39 is 0 Å². The Bertz CT molecular complexity index is 473. The number of rotatable bonds is 5. The molecule has 0 aliphatic rings. The molecule has 2 N–H and O–H groups in total. The molecule has 1 aromatic heterocycles. The second kappa shape index (κ2) is 7.95. The van der Waals surface area contributed by atoms with E-state index in [0.29, 0.717) is 0 Å². The summed E-state index contributed by atoms with van der Waals surface area (Å²) in [6.45, 7) is 3.32. The molecule has 104 valence electrons. The van der Waals surface area contributed by atoms with Gasteiger partial charge in [0.2, 0.25) is 5.91 Å². The largest absolute Gasteiger partial charge is 0.384 e. The van der Waals surface area contributed by atoms with Gasteiger partial charge in [-0.3, -0.25) is 4.79 Å². The van der Waals surface area contributed by atoms with Crippen molar-refractivity contribution in [3.8, 4) is 11.8 Å². The van der Waals surface area contributed by atoms with Crippen molar-refractivity contribution in [2.24, 2.45) is 5.92 Å². The second-order valence-corrected chi connectivity index (χ2v) is 5.61. The topological polar surface area (TPSA) is 52.6 Å². The van der Waals surface area contributed by atoms with Gasteiger partial charge in [-0.25, -0.2) is 0 Å². The number of carbonyl (C=O) groups is 1. The summed E-state index contributed by atoms with van der Waals surface area (Å²) in [5.74, 6) is 5.57. The van der Waals surface area contributed by atoms with Gasteiger partial charge in [-0.1, -0.05) is 18.8 Å². The molecule has 0 radical (unpaired) electrons. The van der Waals surface area contributed by atoms with Crippen LogP contribution in [0.15, 0.2) is 12.1 Å². The Morgan fingerprint density at radius 1 is 1.58 bits per heavy atom. The van der Waals surface area contributed by atoms with Crippen molar-refractivity contribution in [1.29, 1.82) is 0 Å². The maximum absolute atomic E-state index is 11.4. The maximum Gasteiger partial charge on any atom is 0.223 e. The quantitative estimate of drug-likeness (QED) is 0.788. The fraction of sp³-hybridized carbons (Fsp3) is 0.500. The van der Waals surface area contributed by atoms with E-state index in [1.165, 1.54) is 4.88 Å². The van der Waals surface area contributed by atoms with Gasteiger partial charge < -0.3 is 15.3 Å². The normalized spacial score (nSPS) is 11.8. The molecule has 0 saturated heterocycles. The van der Waals surface area contributed by atoms with Crippen LogP contribution in [0, 0.1) is 17.8 Å². The highest BCUT2D eigenvalue weighted by molar-refractivity contribution is 7.12. The summed E-state index contributed by atoms with van der Waals surface area (Å²) >= 11 is 1.62. The molecule has 1 amide bonds. The highest BCUT2D eigenvalue weighted by atomic mass is 32.1. The molecule has 1 aromatic rings.